The summed E-state index contributed by atoms with van der Waals surface area (Å²) < 4.78 is 5.43. The fourth-order valence-corrected chi connectivity index (χ4v) is 1.88. The second-order valence-corrected chi connectivity index (χ2v) is 4.83. The molecule has 0 aliphatic carbocycles. The van der Waals surface area contributed by atoms with Crippen molar-refractivity contribution in [3.8, 4) is 0 Å². The van der Waals surface area contributed by atoms with Crippen LogP contribution < -0.4 is 0 Å². The van der Waals surface area contributed by atoms with Gasteiger partial charge in [0.15, 0.2) is 0 Å². The Morgan fingerprint density at radius 2 is 2.13 bits per heavy atom. The van der Waals surface area contributed by atoms with Crippen molar-refractivity contribution in [1.82, 2.24) is 0 Å². The summed E-state index contributed by atoms with van der Waals surface area (Å²) in [5, 5.41) is 9.32. The fraction of sp³-hybridized carbons (Fsp3) is 0.538. The van der Waals surface area contributed by atoms with Crippen LogP contribution in [-0.4, -0.2) is 18.3 Å². The summed E-state index contributed by atoms with van der Waals surface area (Å²) in [7, 11) is 0. The summed E-state index contributed by atoms with van der Waals surface area (Å²) in [6.07, 6.45) is 1.01. The Morgan fingerprint density at radius 3 is 2.87 bits per heavy atom. The lowest BCUT2D eigenvalue weighted by molar-refractivity contribution is 0.110. The lowest BCUT2D eigenvalue weighted by Crippen LogP contribution is -2.23. The summed E-state index contributed by atoms with van der Waals surface area (Å²) in [4.78, 5) is 0. The number of rotatable bonds is 2. The first kappa shape index (κ1) is 10.7. The van der Waals surface area contributed by atoms with E-state index in [0.717, 1.165) is 13.0 Å². The van der Waals surface area contributed by atoms with Crippen LogP contribution in [0.15, 0.2) is 18.2 Å². The molecule has 1 aromatic carbocycles. The molecule has 2 heteroatoms. The van der Waals surface area contributed by atoms with Crippen molar-refractivity contribution in [3.63, 3.8) is 0 Å². The predicted octanol–water partition coefficient (Wildman–Crippen LogP) is 2.03. The summed E-state index contributed by atoms with van der Waals surface area (Å²) >= 11 is 0. The molecule has 1 aromatic rings. The minimum atomic E-state index is -0.160. The van der Waals surface area contributed by atoms with Crippen LogP contribution in [0.4, 0.5) is 0 Å². The lowest BCUT2D eigenvalue weighted by atomic mass is 9.83. The van der Waals surface area contributed by atoms with E-state index in [4.69, 9.17) is 4.74 Å². The zero-order valence-corrected chi connectivity index (χ0v) is 9.42. The molecule has 15 heavy (non-hydrogen) atoms. The van der Waals surface area contributed by atoms with Gasteiger partial charge in [0.25, 0.3) is 0 Å². The number of ether oxygens (including phenoxy) is 1. The van der Waals surface area contributed by atoms with Crippen molar-refractivity contribution in [2.75, 3.05) is 13.2 Å². The van der Waals surface area contributed by atoms with Crippen LogP contribution in [0, 0.1) is 0 Å². The third kappa shape index (κ3) is 2.06. The number of aliphatic hydroxyl groups is 1. The topological polar surface area (TPSA) is 29.5 Å². The molecule has 2 rings (SSSR count). The average molecular weight is 206 g/mol. The van der Waals surface area contributed by atoms with E-state index in [1.54, 1.807) is 0 Å². The first-order chi connectivity index (χ1) is 7.13. The summed E-state index contributed by atoms with van der Waals surface area (Å²) in [5.74, 6) is 0. The Hall–Kier alpha value is -0.860. The molecule has 0 atom stereocenters. The van der Waals surface area contributed by atoms with Gasteiger partial charge in [-0.15, -0.1) is 0 Å². The maximum Gasteiger partial charge on any atom is 0.0719 e. The maximum atomic E-state index is 9.32. The summed E-state index contributed by atoms with van der Waals surface area (Å²) in [6, 6.07) is 6.47. The molecule has 2 nitrogen and oxygen atoms in total. The van der Waals surface area contributed by atoms with Gasteiger partial charge < -0.3 is 9.84 Å². The SMILES string of the molecule is CC(C)(CO)c1ccc2c(c1)COCC2. The molecule has 1 aliphatic rings. The van der Waals surface area contributed by atoms with E-state index >= 15 is 0 Å². The molecule has 0 radical (unpaired) electrons. The van der Waals surface area contributed by atoms with Crippen molar-refractivity contribution in [3.05, 3.63) is 34.9 Å². The Morgan fingerprint density at radius 1 is 1.33 bits per heavy atom. The van der Waals surface area contributed by atoms with Crippen molar-refractivity contribution < 1.29 is 9.84 Å². The van der Waals surface area contributed by atoms with Gasteiger partial charge in [-0.3, -0.25) is 0 Å². The van der Waals surface area contributed by atoms with E-state index < -0.39 is 0 Å². The van der Waals surface area contributed by atoms with Crippen LogP contribution in [0.25, 0.3) is 0 Å². The largest absolute Gasteiger partial charge is 0.395 e. The number of benzene rings is 1. The van der Waals surface area contributed by atoms with E-state index in [-0.39, 0.29) is 12.0 Å². The van der Waals surface area contributed by atoms with Crippen molar-refractivity contribution in [2.45, 2.75) is 32.3 Å². The van der Waals surface area contributed by atoms with E-state index in [1.165, 1.54) is 16.7 Å². The van der Waals surface area contributed by atoms with Crippen LogP contribution in [0.2, 0.25) is 0 Å². The molecule has 0 aromatic heterocycles. The maximum absolute atomic E-state index is 9.32. The smallest absolute Gasteiger partial charge is 0.0719 e. The van der Waals surface area contributed by atoms with Crippen molar-refractivity contribution in [2.24, 2.45) is 0 Å². The molecule has 0 fully saturated rings. The highest BCUT2D eigenvalue weighted by Crippen LogP contribution is 2.26. The Labute approximate surface area is 90.9 Å². The molecular weight excluding hydrogens is 188 g/mol. The number of hydrogen-bond acceptors (Lipinski definition) is 2. The van der Waals surface area contributed by atoms with Gasteiger partial charge in [-0.25, -0.2) is 0 Å². The highest BCUT2D eigenvalue weighted by atomic mass is 16.5. The number of hydrogen-bond donors (Lipinski definition) is 1. The van der Waals surface area contributed by atoms with Crippen LogP contribution in [0.5, 0.6) is 0 Å². The number of aliphatic hydroxyl groups excluding tert-OH is 1. The summed E-state index contributed by atoms with van der Waals surface area (Å²) in [5.41, 5.74) is 3.69. The highest BCUT2D eigenvalue weighted by Gasteiger charge is 2.21. The van der Waals surface area contributed by atoms with Crippen molar-refractivity contribution in [1.29, 1.82) is 0 Å². The first-order valence-corrected chi connectivity index (χ1v) is 5.44. The predicted molar refractivity (Wildman–Crippen MR) is 59.9 cm³/mol. The Bertz CT molecular complexity index is 356. The molecular formula is C13H18O2. The van der Waals surface area contributed by atoms with Gasteiger partial charge in [0.05, 0.1) is 19.8 Å². The van der Waals surface area contributed by atoms with Crippen LogP contribution in [0.3, 0.4) is 0 Å². The van der Waals surface area contributed by atoms with Gasteiger partial charge in [-0.05, 0) is 23.1 Å². The van der Waals surface area contributed by atoms with E-state index in [9.17, 15) is 5.11 Å². The molecule has 1 N–H and O–H groups in total. The molecule has 0 spiro atoms. The molecule has 1 heterocycles. The zero-order valence-electron chi connectivity index (χ0n) is 9.42. The minimum absolute atomic E-state index is 0.160. The molecule has 1 aliphatic heterocycles. The second kappa shape index (κ2) is 3.95. The van der Waals surface area contributed by atoms with Crippen LogP contribution in [-0.2, 0) is 23.2 Å². The standard InChI is InChI=1S/C13H18O2/c1-13(2,9-14)12-4-3-10-5-6-15-8-11(10)7-12/h3-4,7,14H,5-6,8-9H2,1-2H3. The third-order valence-electron chi connectivity index (χ3n) is 3.16. The highest BCUT2D eigenvalue weighted by molar-refractivity contribution is 5.36. The lowest BCUT2D eigenvalue weighted by Gasteiger charge is -2.25. The molecule has 0 saturated heterocycles. The summed E-state index contributed by atoms with van der Waals surface area (Å²) in [6.45, 7) is 5.82. The van der Waals surface area contributed by atoms with Crippen LogP contribution >= 0.6 is 0 Å². The van der Waals surface area contributed by atoms with Gasteiger partial charge in [0, 0.05) is 5.41 Å². The van der Waals surface area contributed by atoms with E-state index in [2.05, 4.69) is 32.0 Å². The van der Waals surface area contributed by atoms with Gasteiger partial charge in [0.2, 0.25) is 0 Å². The molecule has 0 amide bonds. The first-order valence-electron chi connectivity index (χ1n) is 5.44. The van der Waals surface area contributed by atoms with Gasteiger partial charge in [-0.2, -0.15) is 0 Å². The fourth-order valence-electron chi connectivity index (χ4n) is 1.88. The van der Waals surface area contributed by atoms with Gasteiger partial charge >= 0.3 is 0 Å². The van der Waals surface area contributed by atoms with E-state index in [0.29, 0.717) is 6.61 Å². The van der Waals surface area contributed by atoms with Crippen LogP contribution in [0.1, 0.15) is 30.5 Å². The number of fused-ring (bicyclic) bond motifs is 1. The second-order valence-electron chi connectivity index (χ2n) is 4.83. The zero-order chi connectivity index (χ0) is 10.9. The van der Waals surface area contributed by atoms with Gasteiger partial charge in [-0.1, -0.05) is 32.0 Å². The minimum Gasteiger partial charge on any atom is -0.395 e. The normalized spacial score (nSPS) is 16.2. The third-order valence-corrected chi connectivity index (χ3v) is 3.16. The average Bonchev–Trinajstić information content (AvgIpc) is 2.28. The molecule has 0 saturated carbocycles. The van der Waals surface area contributed by atoms with E-state index in [1.807, 2.05) is 0 Å². The Kier molecular flexibility index (Phi) is 2.81. The van der Waals surface area contributed by atoms with Crippen molar-refractivity contribution >= 4 is 0 Å². The quantitative estimate of drug-likeness (QED) is 0.802. The molecule has 0 unspecified atom stereocenters. The molecule has 0 bridgehead atoms. The monoisotopic (exact) mass is 206 g/mol. The Balaban J connectivity index is 2.36. The van der Waals surface area contributed by atoms with Gasteiger partial charge in [0.1, 0.15) is 0 Å². The molecule has 82 valence electrons.